The number of halogens is 2. The Hall–Kier alpha value is -6.05. The van der Waals surface area contributed by atoms with Gasteiger partial charge >= 0.3 is 6.09 Å². The third-order valence-electron chi connectivity index (χ3n) is 9.38. The first-order chi connectivity index (χ1) is 30.2. The molecule has 2 heterocycles. The van der Waals surface area contributed by atoms with Crippen molar-refractivity contribution in [3.05, 3.63) is 121 Å². The lowest BCUT2D eigenvalue weighted by Crippen LogP contribution is -2.44. The monoisotopic (exact) mass is 913 g/mol. The molecule has 8 N–H and O–H groups in total. The molecule has 64 heavy (non-hydrogen) atoms. The van der Waals surface area contributed by atoms with Crippen LogP contribution >= 0.6 is 0 Å². The number of nitrogens with one attached hydrogen (secondary N) is 3. The van der Waals surface area contributed by atoms with Gasteiger partial charge in [0.05, 0.1) is 52.6 Å². The van der Waals surface area contributed by atoms with E-state index in [-0.39, 0.29) is 48.4 Å². The third kappa shape index (κ3) is 13.5. The molecule has 0 spiro atoms. The number of aliphatic hydroxyl groups is 1. The number of anilines is 2. The summed E-state index contributed by atoms with van der Waals surface area (Å²) in [6.07, 6.45) is 5.03. The highest BCUT2D eigenvalue weighted by Gasteiger charge is 2.27. The number of amides is 1. The fraction of sp³-hybridized carbons (Fsp3) is 0.283. The fourth-order valence-electron chi connectivity index (χ4n) is 6.01. The van der Waals surface area contributed by atoms with Gasteiger partial charge in [-0.2, -0.15) is 0 Å². The molecule has 6 aromatic rings. The lowest BCUT2D eigenvalue weighted by Gasteiger charge is -2.29. The van der Waals surface area contributed by atoms with Crippen molar-refractivity contribution in [2.24, 2.45) is 5.41 Å². The molecule has 2 aromatic heterocycles. The topological polar surface area (TPSA) is 220 Å². The predicted octanol–water partition coefficient (Wildman–Crippen LogP) is 7.53. The maximum Gasteiger partial charge on any atom is 0.407 e. The molecule has 0 fully saturated rings. The average Bonchev–Trinajstić information content (AvgIpc) is 3.24. The van der Waals surface area contributed by atoms with Gasteiger partial charge in [-0.15, -0.1) is 0 Å². The van der Waals surface area contributed by atoms with E-state index in [1.807, 2.05) is 39.8 Å². The summed E-state index contributed by atoms with van der Waals surface area (Å²) in [6, 6.07) is 21.7. The Morgan fingerprint density at radius 3 is 1.75 bits per heavy atom. The average molecular weight is 914 g/mol. The zero-order chi connectivity index (χ0) is 46.8. The lowest BCUT2D eigenvalue weighted by molar-refractivity contribution is 0.0529. The molecule has 14 nitrogen and oxygen atoms in total. The van der Waals surface area contributed by atoms with Crippen LogP contribution < -0.4 is 26.2 Å². The van der Waals surface area contributed by atoms with Crippen molar-refractivity contribution in [3.63, 3.8) is 0 Å². The Kier molecular flexibility index (Phi) is 16.5. The molecule has 3 atom stereocenters. The first kappa shape index (κ1) is 49.0. The number of nitrogens with zero attached hydrogens (tertiary/aromatic N) is 4. The zero-order valence-corrected chi connectivity index (χ0v) is 38.2. The minimum absolute atomic E-state index is 0.149. The van der Waals surface area contributed by atoms with Crippen LogP contribution in [-0.4, -0.2) is 70.9 Å². The van der Waals surface area contributed by atoms with Crippen LogP contribution in [0.3, 0.4) is 0 Å². The second kappa shape index (κ2) is 21.6. The van der Waals surface area contributed by atoms with Crippen LogP contribution in [0.2, 0.25) is 0 Å². The molecule has 0 aliphatic heterocycles. The van der Waals surface area contributed by atoms with Crippen molar-refractivity contribution in [1.29, 1.82) is 0 Å². The van der Waals surface area contributed by atoms with Gasteiger partial charge in [0, 0.05) is 30.3 Å². The number of hydrogen-bond donors (Lipinski definition) is 6. The van der Waals surface area contributed by atoms with Gasteiger partial charge in [-0.05, 0) is 91.8 Å². The van der Waals surface area contributed by atoms with Crippen molar-refractivity contribution in [2.75, 3.05) is 31.2 Å². The Labute approximate surface area is 376 Å². The van der Waals surface area contributed by atoms with Gasteiger partial charge in [0.15, 0.2) is 0 Å². The highest BCUT2D eigenvalue weighted by Crippen LogP contribution is 2.33. The van der Waals surface area contributed by atoms with Gasteiger partial charge in [0.2, 0.25) is 0 Å². The summed E-state index contributed by atoms with van der Waals surface area (Å²) >= 11 is 0. The van der Waals surface area contributed by atoms with Crippen LogP contribution in [0.4, 0.5) is 25.2 Å². The predicted molar refractivity (Wildman–Crippen MR) is 248 cm³/mol. The molecule has 1 amide bonds. The molecule has 0 aliphatic carbocycles. The van der Waals surface area contributed by atoms with E-state index in [2.05, 4.69) is 34.7 Å². The van der Waals surface area contributed by atoms with Gasteiger partial charge in [-0.3, -0.25) is 9.97 Å². The minimum Gasteiger partial charge on any atom is -0.444 e. The molecule has 0 aliphatic rings. The summed E-state index contributed by atoms with van der Waals surface area (Å²) in [4.78, 5) is 28.9. The molecule has 4 aromatic carbocycles. The van der Waals surface area contributed by atoms with E-state index in [1.165, 1.54) is 36.9 Å². The minimum atomic E-state index is -1.59. The lowest BCUT2D eigenvalue weighted by atomic mass is 9.88. The third-order valence-corrected chi connectivity index (χ3v) is 11.9. The number of rotatable bonds is 13. The van der Waals surface area contributed by atoms with Crippen molar-refractivity contribution >= 4 is 39.7 Å². The van der Waals surface area contributed by atoms with Crippen LogP contribution in [-0.2, 0) is 26.7 Å². The van der Waals surface area contributed by atoms with Crippen LogP contribution in [0.25, 0.3) is 44.8 Å². The summed E-state index contributed by atoms with van der Waals surface area (Å²) in [6.45, 7) is 13.4. The molecule has 6 rings (SSSR count). The van der Waals surface area contributed by atoms with E-state index in [1.54, 1.807) is 75.4 Å². The Balaban J connectivity index is 0.000000243. The molecule has 0 saturated carbocycles. The van der Waals surface area contributed by atoms with Crippen LogP contribution in [0.1, 0.15) is 47.1 Å². The van der Waals surface area contributed by atoms with E-state index < -0.39 is 45.3 Å². The number of aromatic nitrogens is 4. The molecule has 18 heteroatoms. The van der Waals surface area contributed by atoms with Gasteiger partial charge in [-0.25, -0.2) is 41.4 Å². The number of carbonyl (C=O) groups excluding carboxylic acids is 1. The van der Waals surface area contributed by atoms with Crippen molar-refractivity contribution in [3.8, 4) is 44.8 Å². The fourth-order valence-corrected chi connectivity index (χ4v) is 8.43. The SMILES string of the molecule is CC(C)(C)C(CO)NS(=O)c1ccccc1-c1ccc(-c2cnc(N)cn2)c(F)c1.Cc1ccc(S(=O)NCCNC(=O)OC(C)(C)C)c(-c2ccc(-c3cnc(N)cn3)c(F)c2)c1. The summed E-state index contributed by atoms with van der Waals surface area (Å²) < 4.78 is 66.8. The molecular formula is C46H53F2N9O5S2. The summed E-state index contributed by atoms with van der Waals surface area (Å²) in [5.41, 5.74) is 14.9. The van der Waals surface area contributed by atoms with Crippen molar-refractivity contribution in [2.45, 2.75) is 69.9 Å². The molecule has 338 valence electrons. The highest BCUT2D eigenvalue weighted by molar-refractivity contribution is 7.83. The molecule has 0 radical (unpaired) electrons. The molecule has 0 bridgehead atoms. The van der Waals surface area contributed by atoms with Gasteiger partial charge in [-0.1, -0.05) is 68.8 Å². The second-order valence-electron chi connectivity index (χ2n) is 16.6. The summed E-state index contributed by atoms with van der Waals surface area (Å²) in [5.74, 6) is -0.440. The van der Waals surface area contributed by atoms with Gasteiger partial charge in [0.1, 0.15) is 50.8 Å². The molecular weight excluding hydrogens is 861 g/mol. The van der Waals surface area contributed by atoms with Gasteiger partial charge in [0.25, 0.3) is 0 Å². The number of nitrogens with two attached hydrogens (primary N) is 2. The smallest absolute Gasteiger partial charge is 0.407 e. The first-order valence-corrected chi connectivity index (χ1v) is 22.4. The summed E-state index contributed by atoms with van der Waals surface area (Å²) in [5, 5.41) is 12.3. The van der Waals surface area contributed by atoms with Crippen molar-refractivity contribution < 1.29 is 31.8 Å². The van der Waals surface area contributed by atoms with Crippen LogP contribution in [0, 0.1) is 24.0 Å². The van der Waals surface area contributed by atoms with E-state index in [4.69, 9.17) is 16.2 Å². The summed E-state index contributed by atoms with van der Waals surface area (Å²) in [7, 11) is -3.18. The number of carbonyl (C=O) groups is 1. The number of nitrogen functional groups attached to an aromatic ring is 2. The second-order valence-corrected chi connectivity index (χ2v) is 19.1. The number of alkyl carbamates (subject to hydrolysis) is 1. The Morgan fingerprint density at radius 2 is 1.25 bits per heavy atom. The standard InChI is InChI=1S/C24H28FN5O3S.C22H25FN4O2S/c1-15-5-8-21(34(32)30-10-9-27-23(31)33-24(2,3)4)18(11-15)16-6-7-17(19(25)12-16)20-13-29-22(26)14-28-20;1-22(2,3)20(13-28)27-30(29)19-7-5-4-6-15(19)14-8-9-16(17(23)10-14)18-11-26-21(24)12-25-18/h5-8,11-14,30H,9-10H2,1-4H3,(H2,26,29)(H,27,31);4-12,20,27-28H,13H2,1-3H3,(H2,24,26). The Morgan fingerprint density at radius 1 is 0.703 bits per heavy atom. The van der Waals surface area contributed by atoms with Crippen LogP contribution in [0.15, 0.2) is 113 Å². The van der Waals surface area contributed by atoms with E-state index in [0.717, 1.165) is 5.56 Å². The van der Waals surface area contributed by atoms with Crippen molar-refractivity contribution in [1.82, 2.24) is 34.7 Å². The van der Waals surface area contributed by atoms with Gasteiger partial charge < -0.3 is 26.6 Å². The normalized spacial score (nSPS) is 13.0. The van der Waals surface area contributed by atoms with E-state index in [9.17, 15) is 27.1 Å². The van der Waals surface area contributed by atoms with E-state index >= 15 is 0 Å². The number of benzene rings is 4. The van der Waals surface area contributed by atoms with E-state index in [0.29, 0.717) is 49.0 Å². The highest BCUT2D eigenvalue weighted by atomic mass is 32.2. The maximum absolute atomic E-state index is 15.0. The first-order valence-electron chi connectivity index (χ1n) is 20.1. The largest absolute Gasteiger partial charge is 0.444 e. The quantitative estimate of drug-likeness (QED) is 0.0622. The molecule has 3 unspecified atom stereocenters. The number of hydrogen-bond acceptors (Lipinski definition) is 11. The number of aliphatic hydroxyl groups excluding tert-OH is 1. The Bertz CT molecular complexity index is 2610. The van der Waals surface area contributed by atoms with Crippen LogP contribution in [0.5, 0.6) is 0 Å². The number of ether oxygens (including phenoxy) is 1. The number of aryl methyl sites for hydroxylation is 1. The maximum atomic E-state index is 15.0. The zero-order valence-electron chi connectivity index (χ0n) is 36.6. The molecule has 0 saturated heterocycles.